The highest BCUT2D eigenvalue weighted by atomic mass is 16.5. The van der Waals surface area contributed by atoms with E-state index in [9.17, 15) is 4.79 Å². The number of urea groups is 1. The van der Waals surface area contributed by atoms with Crippen LogP contribution in [-0.2, 0) is 6.42 Å². The molecule has 0 radical (unpaired) electrons. The Morgan fingerprint density at radius 2 is 2.13 bits per heavy atom. The second-order valence-corrected chi connectivity index (χ2v) is 4.87. The molecule has 0 aliphatic heterocycles. The molecular weight excluding hydrogens is 298 g/mol. The summed E-state index contributed by atoms with van der Waals surface area (Å²) in [6.45, 7) is 4.75. The highest BCUT2D eigenvalue weighted by Gasteiger charge is 2.07. The van der Waals surface area contributed by atoms with Crippen molar-refractivity contribution in [2.45, 2.75) is 20.3 Å². The molecule has 0 spiro atoms. The second kappa shape index (κ2) is 8.07. The third-order valence-corrected chi connectivity index (χ3v) is 3.10. The molecule has 0 atom stereocenters. The predicted molar refractivity (Wildman–Crippen MR) is 86.1 cm³/mol. The van der Waals surface area contributed by atoms with Gasteiger partial charge in [0.15, 0.2) is 17.3 Å². The lowest BCUT2D eigenvalue weighted by molar-refractivity contribution is 0.252. The SMILES string of the molecule is CCOc1ccc(CCNC(=O)Nc2cc(C)on2)cc1OC. The second-order valence-electron chi connectivity index (χ2n) is 4.87. The Bertz CT molecular complexity index is 655. The molecule has 0 bridgehead atoms. The number of carbonyl (C=O) groups is 1. The van der Waals surface area contributed by atoms with Crippen LogP contribution in [0.3, 0.4) is 0 Å². The molecule has 2 aromatic rings. The maximum absolute atomic E-state index is 11.7. The predicted octanol–water partition coefficient (Wildman–Crippen LogP) is 2.75. The van der Waals surface area contributed by atoms with Gasteiger partial charge in [0, 0.05) is 12.6 Å². The number of anilines is 1. The molecular formula is C16H21N3O4. The molecule has 2 amide bonds. The summed E-state index contributed by atoms with van der Waals surface area (Å²) in [7, 11) is 1.60. The lowest BCUT2D eigenvalue weighted by atomic mass is 10.1. The number of rotatable bonds is 7. The van der Waals surface area contributed by atoms with Crippen molar-refractivity contribution in [2.24, 2.45) is 0 Å². The van der Waals surface area contributed by atoms with Crippen molar-refractivity contribution in [1.29, 1.82) is 0 Å². The fourth-order valence-electron chi connectivity index (χ4n) is 2.05. The van der Waals surface area contributed by atoms with Crippen LogP contribution in [0.5, 0.6) is 11.5 Å². The lowest BCUT2D eigenvalue weighted by Gasteiger charge is -2.11. The molecule has 0 saturated heterocycles. The zero-order chi connectivity index (χ0) is 16.7. The quantitative estimate of drug-likeness (QED) is 0.819. The molecule has 2 rings (SSSR count). The van der Waals surface area contributed by atoms with Gasteiger partial charge in [0.2, 0.25) is 0 Å². The van der Waals surface area contributed by atoms with E-state index in [1.54, 1.807) is 20.1 Å². The Morgan fingerprint density at radius 3 is 2.78 bits per heavy atom. The first-order chi connectivity index (χ1) is 11.1. The average molecular weight is 319 g/mol. The van der Waals surface area contributed by atoms with Crippen molar-refractivity contribution in [2.75, 3.05) is 25.6 Å². The van der Waals surface area contributed by atoms with E-state index in [0.29, 0.717) is 42.6 Å². The van der Waals surface area contributed by atoms with Crippen LogP contribution in [0.2, 0.25) is 0 Å². The van der Waals surface area contributed by atoms with Crippen LogP contribution in [0, 0.1) is 6.92 Å². The van der Waals surface area contributed by atoms with Crippen LogP contribution in [0.4, 0.5) is 10.6 Å². The van der Waals surface area contributed by atoms with Crippen molar-refractivity contribution in [3.8, 4) is 11.5 Å². The number of amides is 2. The summed E-state index contributed by atoms with van der Waals surface area (Å²) in [6, 6.07) is 7.06. The number of benzene rings is 1. The van der Waals surface area contributed by atoms with E-state index in [4.69, 9.17) is 14.0 Å². The molecule has 7 nitrogen and oxygen atoms in total. The number of carbonyl (C=O) groups excluding carboxylic acids is 1. The van der Waals surface area contributed by atoms with Gasteiger partial charge in [-0.15, -0.1) is 0 Å². The molecule has 0 aliphatic carbocycles. The summed E-state index contributed by atoms with van der Waals surface area (Å²) >= 11 is 0. The number of ether oxygens (including phenoxy) is 2. The molecule has 0 saturated carbocycles. The zero-order valence-electron chi connectivity index (χ0n) is 13.5. The van der Waals surface area contributed by atoms with E-state index in [1.807, 2.05) is 25.1 Å². The van der Waals surface area contributed by atoms with Crippen LogP contribution in [-0.4, -0.2) is 31.4 Å². The number of hydrogen-bond acceptors (Lipinski definition) is 5. The highest BCUT2D eigenvalue weighted by molar-refractivity contribution is 5.88. The van der Waals surface area contributed by atoms with Crippen molar-refractivity contribution in [1.82, 2.24) is 10.5 Å². The van der Waals surface area contributed by atoms with E-state index in [1.165, 1.54) is 0 Å². The standard InChI is InChI=1S/C16H21N3O4/c1-4-22-13-6-5-12(10-14(13)21-3)7-8-17-16(20)18-15-9-11(2)23-19-15/h5-6,9-10H,4,7-8H2,1-3H3,(H2,17,18,19,20). The first-order valence-electron chi connectivity index (χ1n) is 7.40. The summed E-state index contributed by atoms with van der Waals surface area (Å²) in [6.07, 6.45) is 0.675. The van der Waals surface area contributed by atoms with Gasteiger partial charge >= 0.3 is 6.03 Å². The van der Waals surface area contributed by atoms with Gasteiger partial charge in [-0.05, 0) is 38.0 Å². The van der Waals surface area contributed by atoms with Crippen molar-refractivity contribution < 1.29 is 18.8 Å². The first kappa shape index (κ1) is 16.7. The van der Waals surface area contributed by atoms with E-state index < -0.39 is 0 Å². The molecule has 0 unspecified atom stereocenters. The van der Waals surface area contributed by atoms with Gasteiger partial charge in [-0.1, -0.05) is 11.2 Å². The maximum atomic E-state index is 11.7. The summed E-state index contributed by atoms with van der Waals surface area (Å²) in [5, 5.41) is 9.05. The summed E-state index contributed by atoms with van der Waals surface area (Å²) in [5.41, 5.74) is 1.04. The Kier molecular flexibility index (Phi) is 5.85. The molecule has 1 aromatic carbocycles. The highest BCUT2D eigenvalue weighted by Crippen LogP contribution is 2.28. The van der Waals surface area contributed by atoms with Crippen LogP contribution < -0.4 is 20.1 Å². The van der Waals surface area contributed by atoms with Crippen LogP contribution in [0.1, 0.15) is 18.2 Å². The fourth-order valence-corrected chi connectivity index (χ4v) is 2.05. The van der Waals surface area contributed by atoms with Gasteiger partial charge in [-0.25, -0.2) is 4.79 Å². The minimum Gasteiger partial charge on any atom is -0.493 e. The Morgan fingerprint density at radius 1 is 1.30 bits per heavy atom. The fraction of sp³-hybridized carbons (Fsp3) is 0.375. The van der Waals surface area contributed by atoms with Gasteiger partial charge in [-0.2, -0.15) is 0 Å². The molecule has 7 heteroatoms. The molecule has 23 heavy (non-hydrogen) atoms. The Balaban J connectivity index is 1.82. The average Bonchev–Trinajstić information content (AvgIpc) is 2.93. The molecule has 124 valence electrons. The van der Waals surface area contributed by atoms with Crippen molar-refractivity contribution in [3.05, 3.63) is 35.6 Å². The number of hydrogen-bond donors (Lipinski definition) is 2. The van der Waals surface area contributed by atoms with Gasteiger partial charge in [0.25, 0.3) is 0 Å². The lowest BCUT2D eigenvalue weighted by Crippen LogP contribution is -2.30. The molecule has 1 heterocycles. The Labute approximate surface area is 134 Å². The molecule has 1 aromatic heterocycles. The van der Waals surface area contributed by atoms with Crippen LogP contribution in [0.15, 0.2) is 28.8 Å². The van der Waals surface area contributed by atoms with Crippen LogP contribution in [0.25, 0.3) is 0 Å². The smallest absolute Gasteiger partial charge is 0.320 e. The van der Waals surface area contributed by atoms with E-state index in [0.717, 1.165) is 5.56 Å². The van der Waals surface area contributed by atoms with E-state index in [-0.39, 0.29) is 6.03 Å². The van der Waals surface area contributed by atoms with Gasteiger partial charge in [-0.3, -0.25) is 5.32 Å². The monoisotopic (exact) mass is 319 g/mol. The number of nitrogens with zero attached hydrogens (tertiary/aromatic N) is 1. The largest absolute Gasteiger partial charge is 0.493 e. The number of aromatic nitrogens is 1. The normalized spacial score (nSPS) is 10.2. The number of methoxy groups -OCH3 is 1. The van der Waals surface area contributed by atoms with Gasteiger partial charge < -0.3 is 19.3 Å². The third-order valence-electron chi connectivity index (χ3n) is 3.10. The third kappa shape index (κ3) is 4.91. The minimum atomic E-state index is -0.323. The summed E-state index contributed by atoms with van der Waals surface area (Å²) in [5.74, 6) is 2.43. The minimum absolute atomic E-state index is 0.323. The van der Waals surface area contributed by atoms with Gasteiger partial charge in [0.05, 0.1) is 13.7 Å². The topological polar surface area (TPSA) is 85.6 Å². The van der Waals surface area contributed by atoms with Crippen LogP contribution >= 0.6 is 0 Å². The maximum Gasteiger partial charge on any atom is 0.320 e. The molecule has 2 N–H and O–H groups in total. The number of nitrogens with one attached hydrogen (secondary N) is 2. The van der Waals surface area contributed by atoms with Gasteiger partial charge in [0.1, 0.15) is 5.76 Å². The van der Waals surface area contributed by atoms with E-state index >= 15 is 0 Å². The van der Waals surface area contributed by atoms with Crippen molar-refractivity contribution in [3.63, 3.8) is 0 Å². The summed E-state index contributed by atoms with van der Waals surface area (Å²) in [4.78, 5) is 11.7. The van der Waals surface area contributed by atoms with Crippen molar-refractivity contribution >= 4 is 11.8 Å². The summed E-state index contributed by atoms with van der Waals surface area (Å²) < 4.78 is 15.7. The Hall–Kier alpha value is -2.70. The zero-order valence-corrected chi connectivity index (χ0v) is 13.5. The van der Waals surface area contributed by atoms with E-state index in [2.05, 4.69) is 15.8 Å². The number of aryl methyl sites for hydroxylation is 1. The molecule has 0 aliphatic rings. The molecule has 0 fully saturated rings. The first-order valence-corrected chi connectivity index (χ1v) is 7.40.